The molecule has 2 aliphatic heterocycles. The fraction of sp³-hybridized carbons (Fsp3) is 0.483. The van der Waals surface area contributed by atoms with Gasteiger partial charge in [0.1, 0.15) is 11.8 Å². The van der Waals surface area contributed by atoms with E-state index in [4.69, 9.17) is 9.47 Å². The molecule has 222 valence electrons. The van der Waals surface area contributed by atoms with E-state index in [1.165, 1.54) is 22.5 Å². The average molecular weight is 587 g/mol. The van der Waals surface area contributed by atoms with E-state index in [0.717, 1.165) is 18.7 Å². The highest BCUT2D eigenvalue weighted by Crippen LogP contribution is 2.32. The van der Waals surface area contributed by atoms with Crippen molar-refractivity contribution in [3.05, 3.63) is 53.6 Å². The summed E-state index contributed by atoms with van der Waals surface area (Å²) in [6.07, 6.45) is 0.325. The normalized spacial score (nSPS) is 19.0. The maximum atomic E-state index is 14.0. The van der Waals surface area contributed by atoms with Crippen LogP contribution in [-0.4, -0.2) is 98.8 Å². The first-order valence-electron chi connectivity index (χ1n) is 13.9. The number of anilines is 1. The first-order valence-corrected chi connectivity index (χ1v) is 15.3. The second kappa shape index (κ2) is 13.0. The van der Waals surface area contributed by atoms with Gasteiger partial charge in [-0.05, 0) is 71.0 Å². The molecule has 4 rings (SSSR count). The Bertz CT molecular complexity index is 1370. The molecule has 2 atom stereocenters. The first-order chi connectivity index (χ1) is 19.5. The Kier molecular flexibility index (Phi) is 9.67. The molecule has 2 aromatic rings. The van der Waals surface area contributed by atoms with E-state index in [1.54, 1.807) is 43.0 Å². The van der Waals surface area contributed by atoms with Gasteiger partial charge in [0.25, 0.3) is 0 Å². The lowest BCUT2D eigenvalue weighted by molar-refractivity contribution is -0.143. The standard InChI is InChI=1S/C29H38N4O7S/c1-5-39-28(35)21(3)30-25-13-10-22(40-29(36)32-17-15-31(4)16-18-32)19-24(25)27(34)26-7-6-14-33(26)41(37,38)23-11-8-20(2)9-12-23/h8-13,19,21,26,30H,5-7,14-18H2,1-4H3/t21-,26-/m0/s1. The average Bonchev–Trinajstić information content (AvgIpc) is 3.45. The maximum absolute atomic E-state index is 14.0. The number of carbonyl (C=O) groups is 3. The summed E-state index contributed by atoms with van der Waals surface area (Å²) in [5, 5.41) is 3.02. The largest absolute Gasteiger partial charge is 0.464 e. The molecule has 12 heteroatoms. The van der Waals surface area contributed by atoms with Crippen LogP contribution in [0.4, 0.5) is 10.5 Å². The molecule has 11 nitrogen and oxygen atoms in total. The van der Waals surface area contributed by atoms with Gasteiger partial charge in [-0.3, -0.25) is 4.79 Å². The fourth-order valence-corrected chi connectivity index (χ4v) is 6.60. The van der Waals surface area contributed by atoms with Crippen LogP contribution in [0, 0.1) is 6.92 Å². The Balaban J connectivity index is 1.64. The maximum Gasteiger partial charge on any atom is 0.415 e. The number of piperazine rings is 1. The molecule has 0 spiro atoms. The summed E-state index contributed by atoms with van der Waals surface area (Å²) in [6.45, 7) is 8.06. The number of nitrogens with zero attached hydrogens (tertiary/aromatic N) is 3. The van der Waals surface area contributed by atoms with E-state index < -0.39 is 40.0 Å². The lowest BCUT2D eigenvalue weighted by Crippen LogP contribution is -2.48. The van der Waals surface area contributed by atoms with Gasteiger partial charge >= 0.3 is 12.1 Å². The van der Waals surface area contributed by atoms with Crippen LogP contribution < -0.4 is 10.1 Å². The third-order valence-corrected chi connectivity index (χ3v) is 9.29. The number of esters is 1. The van der Waals surface area contributed by atoms with Crippen LogP contribution in [0.15, 0.2) is 47.4 Å². The molecule has 0 unspecified atom stereocenters. The zero-order valence-electron chi connectivity index (χ0n) is 24.0. The molecule has 0 aromatic heterocycles. The van der Waals surface area contributed by atoms with Crippen molar-refractivity contribution in [1.29, 1.82) is 0 Å². The molecule has 0 aliphatic carbocycles. The molecule has 0 radical (unpaired) electrons. The molecule has 1 N–H and O–H groups in total. The minimum atomic E-state index is -3.94. The number of rotatable bonds is 9. The number of benzene rings is 2. The summed E-state index contributed by atoms with van der Waals surface area (Å²) in [7, 11) is -1.96. The highest BCUT2D eigenvalue weighted by Gasteiger charge is 2.40. The Morgan fingerprint density at radius 3 is 2.37 bits per heavy atom. The van der Waals surface area contributed by atoms with Crippen LogP contribution in [0.1, 0.15) is 42.6 Å². The van der Waals surface area contributed by atoms with Gasteiger partial charge < -0.3 is 24.6 Å². The quantitative estimate of drug-likeness (QED) is 0.348. The van der Waals surface area contributed by atoms with Gasteiger partial charge in [-0.2, -0.15) is 4.31 Å². The molecule has 0 saturated carbocycles. The van der Waals surface area contributed by atoms with Crippen molar-refractivity contribution in [3.8, 4) is 5.75 Å². The zero-order valence-corrected chi connectivity index (χ0v) is 24.8. The fourth-order valence-electron chi connectivity index (χ4n) is 4.95. The van der Waals surface area contributed by atoms with Gasteiger partial charge in [0, 0.05) is 44.0 Å². The van der Waals surface area contributed by atoms with E-state index in [1.807, 2.05) is 14.0 Å². The molecule has 0 bridgehead atoms. The smallest absolute Gasteiger partial charge is 0.415 e. The summed E-state index contributed by atoms with van der Waals surface area (Å²) in [5.74, 6) is -0.798. The summed E-state index contributed by atoms with van der Waals surface area (Å²) >= 11 is 0. The van der Waals surface area contributed by atoms with Gasteiger partial charge in [0.05, 0.1) is 17.5 Å². The topological polar surface area (TPSA) is 126 Å². The molecule has 2 aromatic carbocycles. The number of likely N-dealkylation sites (N-methyl/N-ethyl adjacent to an activating group) is 1. The third-order valence-electron chi connectivity index (χ3n) is 7.37. The number of Topliss-reactive ketones (excluding diaryl/α,β-unsaturated/α-hetero) is 1. The van der Waals surface area contributed by atoms with Gasteiger partial charge in [-0.1, -0.05) is 17.7 Å². The van der Waals surface area contributed by atoms with E-state index in [2.05, 4.69) is 10.2 Å². The van der Waals surface area contributed by atoms with E-state index >= 15 is 0 Å². The number of sulfonamides is 1. The minimum Gasteiger partial charge on any atom is -0.464 e. The SMILES string of the molecule is CCOC(=O)[C@H](C)Nc1ccc(OC(=O)N2CCN(C)CC2)cc1C(=O)[C@@H]1CCCN1S(=O)(=O)c1ccc(C)cc1. The van der Waals surface area contributed by atoms with Crippen molar-refractivity contribution >= 4 is 33.6 Å². The molecular weight excluding hydrogens is 548 g/mol. The number of carbonyl (C=O) groups excluding carboxylic acids is 3. The van der Waals surface area contributed by atoms with Gasteiger partial charge in [-0.25, -0.2) is 18.0 Å². The first kappa shape index (κ1) is 30.5. The Hall–Kier alpha value is -3.48. The Morgan fingerprint density at radius 2 is 1.71 bits per heavy atom. The number of ether oxygens (including phenoxy) is 2. The highest BCUT2D eigenvalue weighted by atomic mass is 32.2. The number of hydrogen-bond donors (Lipinski definition) is 1. The number of ketones is 1. The van der Waals surface area contributed by atoms with Crippen molar-refractivity contribution in [3.63, 3.8) is 0 Å². The molecule has 41 heavy (non-hydrogen) atoms. The van der Waals surface area contributed by atoms with Crippen molar-refractivity contribution in [2.75, 3.05) is 51.7 Å². The lowest BCUT2D eigenvalue weighted by Gasteiger charge is -2.31. The van der Waals surface area contributed by atoms with Crippen LogP contribution in [-0.2, 0) is 19.6 Å². The molecule has 2 saturated heterocycles. The number of nitrogens with one attached hydrogen (secondary N) is 1. The molecule has 2 aliphatic rings. The van der Waals surface area contributed by atoms with Gasteiger partial charge in [-0.15, -0.1) is 0 Å². The number of aryl methyl sites for hydroxylation is 1. The monoisotopic (exact) mass is 586 g/mol. The van der Waals surface area contributed by atoms with Crippen LogP contribution >= 0.6 is 0 Å². The van der Waals surface area contributed by atoms with Crippen molar-refractivity contribution in [1.82, 2.24) is 14.1 Å². The Labute approximate surface area is 241 Å². The van der Waals surface area contributed by atoms with Crippen LogP contribution in [0.2, 0.25) is 0 Å². The molecule has 1 amide bonds. The molecule has 2 fully saturated rings. The van der Waals surface area contributed by atoms with Crippen molar-refractivity contribution < 1.29 is 32.3 Å². The van der Waals surface area contributed by atoms with Crippen LogP contribution in [0.3, 0.4) is 0 Å². The van der Waals surface area contributed by atoms with Crippen molar-refractivity contribution in [2.24, 2.45) is 0 Å². The molecule has 2 heterocycles. The summed E-state index contributed by atoms with van der Waals surface area (Å²) in [4.78, 5) is 43.0. The second-order valence-electron chi connectivity index (χ2n) is 10.4. The van der Waals surface area contributed by atoms with Crippen molar-refractivity contribution in [2.45, 2.75) is 50.6 Å². The summed E-state index contributed by atoms with van der Waals surface area (Å²) in [5.41, 5.74) is 1.36. The van der Waals surface area contributed by atoms with Crippen LogP contribution in [0.5, 0.6) is 5.75 Å². The second-order valence-corrected chi connectivity index (χ2v) is 12.3. The lowest BCUT2D eigenvalue weighted by atomic mass is 10.00. The van der Waals surface area contributed by atoms with Gasteiger partial charge in [0.2, 0.25) is 10.0 Å². The van der Waals surface area contributed by atoms with Gasteiger partial charge in [0.15, 0.2) is 5.78 Å². The van der Waals surface area contributed by atoms with Crippen LogP contribution in [0.25, 0.3) is 0 Å². The number of amides is 1. The molecular formula is C29H38N4O7S. The predicted molar refractivity (Wildman–Crippen MR) is 154 cm³/mol. The summed E-state index contributed by atoms with van der Waals surface area (Å²) < 4.78 is 39.0. The highest BCUT2D eigenvalue weighted by molar-refractivity contribution is 7.89. The third kappa shape index (κ3) is 7.06. The van der Waals surface area contributed by atoms with E-state index in [9.17, 15) is 22.8 Å². The zero-order chi connectivity index (χ0) is 29.7. The Morgan fingerprint density at radius 1 is 1.02 bits per heavy atom. The summed E-state index contributed by atoms with van der Waals surface area (Å²) in [6, 6.07) is 9.32. The predicted octanol–water partition coefficient (Wildman–Crippen LogP) is 3.14. The van der Waals surface area contributed by atoms with E-state index in [0.29, 0.717) is 31.6 Å². The number of hydrogen-bond acceptors (Lipinski definition) is 9. The minimum absolute atomic E-state index is 0.118. The van der Waals surface area contributed by atoms with E-state index in [-0.39, 0.29) is 29.4 Å².